The summed E-state index contributed by atoms with van der Waals surface area (Å²) >= 11 is 0. The maximum Gasteiger partial charge on any atom is 0.00697 e. The summed E-state index contributed by atoms with van der Waals surface area (Å²) in [7, 11) is 0. The van der Waals surface area contributed by atoms with Gasteiger partial charge in [0.2, 0.25) is 0 Å². The van der Waals surface area contributed by atoms with E-state index in [9.17, 15) is 0 Å². The lowest BCUT2D eigenvalue weighted by atomic mass is 9.97. The van der Waals surface area contributed by atoms with E-state index in [2.05, 4.69) is 25.7 Å². The van der Waals surface area contributed by atoms with Gasteiger partial charge in [0.25, 0.3) is 0 Å². The zero-order valence-electron chi connectivity index (χ0n) is 8.14. The third-order valence-electron chi connectivity index (χ3n) is 2.86. The number of rotatable bonds is 2. The number of hydrogen-bond donors (Lipinski definition) is 0. The molecule has 1 heterocycles. The van der Waals surface area contributed by atoms with E-state index in [1.54, 1.807) is 0 Å². The summed E-state index contributed by atoms with van der Waals surface area (Å²) < 4.78 is 0. The molecule has 0 aliphatic carbocycles. The zero-order valence-corrected chi connectivity index (χ0v) is 8.14. The van der Waals surface area contributed by atoms with E-state index in [0.29, 0.717) is 0 Å². The second-order valence-electron chi connectivity index (χ2n) is 3.87. The van der Waals surface area contributed by atoms with Gasteiger partial charge in [0.05, 0.1) is 0 Å². The molecule has 2 atom stereocenters. The molecule has 1 saturated heterocycles. The van der Waals surface area contributed by atoms with Crippen molar-refractivity contribution in [2.45, 2.75) is 58.5 Å². The van der Waals surface area contributed by atoms with Crippen LogP contribution in [-0.2, 0) is 0 Å². The Morgan fingerprint density at radius 2 is 1.73 bits per heavy atom. The van der Waals surface area contributed by atoms with Crippen LogP contribution in [0.25, 0.3) is 0 Å². The fourth-order valence-corrected chi connectivity index (χ4v) is 2.17. The van der Waals surface area contributed by atoms with Gasteiger partial charge in [-0.3, -0.25) is 4.90 Å². The van der Waals surface area contributed by atoms with Crippen LogP contribution in [0.5, 0.6) is 0 Å². The van der Waals surface area contributed by atoms with E-state index < -0.39 is 0 Å². The monoisotopic (exact) mass is 155 g/mol. The van der Waals surface area contributed by atoms with Gasteiger partial charge < -0.3 is 0 Å². The summed E-state index contributed by atoms with van der Waals surface area (Å²) in [5, 5.41) is 0. The molecule has 0 spiro atoms. The lowest BCUT2D eigenvalue weighted by molar-refractivity contribution is 0.104. The molecule has 0 bridgehead atoms. The summed E-state index contributed by atoms with van der Waals surface area (Å²) in [6.07, 6.45) is 5.55. The summed E-state index contributed by atoms with van der Waals surface area (Å²) in [5.74, 6) is 0. The number of nitrogens with zero attached hydrogens (tertiary/aromatic N) is 1. The lowest BCUT2D eigenvalue weighted by Gasteiger charge is -2.38. The maximum atomic E-state index is 2.66. The highest BCUT2D eigenvalue weighted by molar-refractivity contribution is 4.78. The first-order valence-corrected chi connectivity index (χ1v) is 5.01. The Labute approximate surface area is 70.8 Å². The minimum Gasteiger partial charge on any atom is -0.298 e. The molecular formula is C10H21N. The van der Waals surface area contributed by atoms with Crippen molar-refractivity contribution >= 4 is 0 Å². The standard InChI is InChI=1S/C10H21N/c1-4-8-11-9(2)6-5-7-10(11)3/h9-10H,4-8H2,1-3H3/t9-,10?/m0/s1. The van der Waals surface area contributed by atoms with Crippen molar-refractivity contribution in [2.75, 3.05) is 6.54 Å². The summed E-state index contributed by atoms with van der Waals surface area (Å²) in [6.45, 7) is 8.30. The molecule has 1 rings (SSSR count). The van der Waals surface area contributed by atoms with Crippen LogP contribution in [0.4, 0.5) is 0 Å². The largest absolute Gasteiger partial charge is 0.298 e. The van der Waals surface area contributed by atoms with Gasteiger partial charge in [0.1, 0.15) is 0 Å². The van der Waals surface area contributed by atoms with Gasteiger partial charge in [0, 0.05) is 12.1 Å². The second kappa shape index (κ2) is 4.10. The highest BCUT2D eigenvalue weighted by atomic mass is 15.2. The Kier molecular flexibility index (Phi) is 3.38. The topological polar surface area (TPSA) is 3.24 Å². The fourth-order valence-electron chi connectivity index (χ4n) is 2.17. The quantitative estimate of drug-likeness (QED) is 0.592. The fraction of sp³-hybridized carbons (Fsp3) is 1.00. The van der Waals surface area contributed by atoms with Gasteiger partial charge >= 0.3 is 0 Å². The van der Waals surface area contributed by atoms with Crippen LogP contribution in [-0.4, -0.2) is 23.5 Å². The molecule has 0 saturated carbocycles. The first-order chi connectivity index (χ1) is 5.25. The first kappa shape index (κ1) is 9.05. The average molecular weight is 155 g/mol. The Balaban J connectivity index is 2.41. The van der Waals surface area contributed by atoms with Crippen LogP contribution in [0.3, 0.4) is 0 Å². The molecule has 0 N–H and O–H groups in total. The number of piperidine rings is 1. The first-order valence-electron chi connectivity index (χ1n) is 5.01. The Hall–Kier alpha value is -0.0400. The molecule has 1 aliphatic rings. The molecule has 0 aromatic rings. The lowest BCUT2D eigenvalue weighted by Crippen LogP contribution is -2.43. The van der Waals surface area contributed by atoms with Crippen LogP contribution in [0, 0.1) is 0 Å². The van der Waals surface area contributed by atoms with E-state index >= 15 is 0 Å². The Morgan fingerprint density at radius 1 is 1.18 bits per heavy atom. The molecule has 1 unspecified atom stereocenters. The van der Waals surface area contributed by atoms with Gasteiger partial charge in [-0.1, -0.05) is 13.3 Å². The van der Waals surface area contributed by atoms with Crippen LogP contribution in [0.1, 0.15) is 46.5 Å². The molecule has 1 nitrogen and oxygen atoms in total. The normalized spacial score (nSPS) is 34.1. The van der Waals surface area contributed by atoms with Crippen LogP contribution >= 0.6 is 0 Å². The molecule has 0 radical (unpaired) electrons. The number of hydrogen-bond acceptors (Lipinski definition) is 1. The molecule has 0 amide bonds. The molecule has 1 aliphatic heterocycles. The van der Waals surface area contributed by atoms with E-state index in [-0.39, 0.29) is 0 Å². The molecule has 66 valence electrons. The smallest absolute Gasteiger partial charge is 0.00697 e. The third-order valence-corrected chi connectivity index (χ3v) is 2.86. The summed E-state index contributed by atoms with van der Waals surface area (Å²) in [5.41, 5.74) is 0. The van der Waals surface area contributed by atoms with Gasteiger partial charge in [0.15, 0.2) is 0 Å². The van der Waals surface area contributed by atoms with Crippen molar-refractivity contribution in [2.24, 2.45) is 0 Å². The molecular weight excluding hydrogens is 134 g/mol. The van der Waals surface area contributed by atoms with Gasteiger partial charge in [-0.05, 0) is 39.7 Å². The highest BCUT2D eigenvalue weighted by Gasteiger charge is 2.22. The van der Waals surface area contributed by atoms with Crippen LogP contribution in [0.2, 0.25) is 0 Å². The zero-order chi connectivity index (χ0) is 8.27. The molecule has 11 heavy (non-hydrogen) atoms. The minimum absolute atomic E-state index is 0.832. The van der Waals surface area contributed by atoms with Crippen LogP contribution < -0.4 is 0 Å². The summed E-state index contributed by atoms with van der Waals surface area (Å²) in [6, 6.07) is 1.66. The third kappa shape index (κ3) is 2.19. The van der Waals surface area contributed by atoms with Crippen molar-refractivity contribution in [1.82, 2.24) is 4.90 Å². The molecule has 1 fully saturated rings. The van der Waals surface area contributed by atoms with Crippen molar-refractivity contribution in [3.8, 4) is 0 Å². The molecule has 1 heteroatoms. The van der Waals surface area contributed by atoms with E-state index in [4.69, 9.17) is 0 Å². The average Bonchev–Trinajstić information content (AvgIpc) is 1.97. The predicted molar refractivity (Wildman–Crippen MR) is 49.8 cm³/mol. The summed E-state index contributed by atoms with van der Waals surface area (Å²) in [4.78, 5) is 2.66. The van der Waals surface area contributed by atoms with E-state index in [1.807, 2.05) is 0 Å². The van der Waals surface area contributed by atoms with Crippen LogP contribution in [0.15, 0.2) is 0 Å². The van der Waals surface area contributed by atoms with Gasteiger partial charge in [-0.2, -0.15) is 0 Å². The van der Waals surface area contributed by atoms with E-state index in [0.717, 1.165) is 12.1 Å². The van der Waals surface area contributed by atoms with Crippen molar-refractivity contribution in [3.05, 3.63) is 0 Å². The highest BCUT2D eigenvalue weighted by Crippen LogP contribution is 2.22. The minimum atomic E-state index is 0.832. The molecule has 0 aromatic carbocycles. The van der Waals surface area contributed by atoms with Gasteiger partial charge in [-0.15, -0.1) is 0 Å². The molecule has 0 aromatic heterocycles. The van der Waals surface area contributed by atoms with E-state index in [1.165, 1.54) is 32.2 Å². The Bertz CT molecular complexity index is 101. The van der Waals surface area contributed by atoms with Crippen molar-refractivity contribution in [1.29, 1.82) is 0 Å². The number of likely N-dealkylation sites (tertiary alicyclic amines) is 1. The van der Waals surface area contributed by atoms with Crippen molar-refractivity contribution < 1.29 is 0 Å². The Morgan fingerprint density at radius 3 is 2.18 bits per heavy atom. The SMILES string of the molecule is CCCN1C(C)CCC[C@@H]1C. The second-order valence-corrected chi connectivity index (χ2v) is 3.87. The maximum absolute atomic E-state index is 2.66. The van der Waals surface area contributed by atoms with Crippen molar-refractivity contribution in [3.63, 3.8) is 0 Å². The van der Waals surface area contributed by atoms with Gasteiger partial charge in [-0.25, -0.2) is 0 Å². The predicted octanol–water partition coefficient (Wildman–Crippen LogP) is 2.66.